The van der Waals surface area contributed by atoms with Gasteiger partial charge in [0.15, 0.2) is 0 Å². The Morgan fingerprint density at radius 1 is 1.00 bits per heavy atom. The van der Waals surface area contributed by atoms with Crippen molar-refractivity contribution in [2.24, 2.45) is 5.92 Å². The maximum atomic E-state index is 14.6. The number of aliphatic hydroxyl groups is 1. The number of aromatic nitrogens is 3. The number of hydrogen-bond acceptors (Lipinski definition) is 8. The minimum atomic E-state index is -1.26. The number of amides is 3. The fraction of sp³-hybridized carbons (Fsp3) is 0.583. The summed E-state index contributed by atoms with van der Waals surface area (Å²) in [5.41, 5.74) is 2.11. The molecule has 0 radical (unpaired) electrons. The predicted octanol–water partition coefficient (Wildman–Crippen LogP) is 4.43. The molecule has 2 aromatic carbocycles. The third kappa shape index (κ3) is 8.33. The van der Waals surface area contributed by atoms with Crippen molar-refractivity contribution in [2.75, 3.05) is 6.54 Å². The van der Waals surface area contributed by atoms with Crippen molar-refractivity contribution in [2.45, 2.75) is 120 Å². The van der Waals surface area contributed by atoms with Gasteiger partial charge in [-0.25, -0.2) is 10.2 Å². The first-order valence-electron chi connectivity index (χ1n) is 17.9. The number of benzene rings is 2. The summed E-state index contributed by atoms with van der Waals surface area (Å²) < 4.78 is 7.08. The molecular weight excluding hydrogens is 623 g/mol. The van der Waals surface area contributed by atoms with Crippen molar-refractivity contribution in [1.82, 2.24) is 30.7 Å². The summed E-state index contributed by atoms with van der Waals surface area (Å²) in [6, 6.07) is 11.0. The van der Waals surface area contributed by atoms with Crippen LogP contribution in [-0.4, -0.2) is 73.5 Å². The fourth-order valence-electron chi connectivity index (χ4n) is 7.89. The quantitative estimate of drug-likeness (QED) is 0.172. The minimum Gasteiger partial charge on any atom is -0.426 e. The van der Waals surface area contributed by atoms with Crippen LogP contribution in [0.4, 0.5) is 0 Å². The average Bonchev–Trinajstić information content (AvgIpc) is 3.79. The zero-order valence-corrected chi connectivity index (χ0v) is 28.6. The van der Waals surface area contributed by atoms with Crippen LogP contribution < -0.4 is 10.8 Å². The van der Waals surface area contributed by atoms with Gasteiger partial charge in [0.2, 0.25) is 5.91 Å². The Hall–Kier alpha value is -3.81. The number of hydroxylamine groups is 1. The number of hydrogen-bond donors (Lipinski definition) is 4. The van der Waals surface area contributed by atoms with E-state index in [9.17, 15) is 24.5 Å². The Balaban J connectivity index is 1.26. The molecule has 3 fully saturated rings. The Labute approximate surface area is 288 Å². The van der Waals surface area contributed by atoms with E-state index in [2.05, 4.69) is 21.1 Å². The number of nitrogens with one attached hydrogen (secondary N) is 2. The smallest absolute Gasteiger partial charge is 0.426 e. The predicted molar refractivity (Wildman–Crippen MR) is 185 cm³/mol. The lowest BCUT2D eigenvalue weighted by Crippen LogP contribution is -2.54. The molecule has 0 bridgehead atoms. The number of likely N-dealkylation sites (tertiary alicyclic amines) is 1. The lowest BCUT2D eigenvalue weighted by atomic mass is 9.65. The summed E-state index contributed by atoms with van der Waals surface area (Å²) in [6.07, 6.45) is 12.1. The molecule has 1 saturated heterocycles. The maximum Gasteiger partial charge on any atom is 0.482 e. The molecule has 2 saturated carbocycles. The third-order valence-electron chi connectivity index (χ3n) is 10.7. The highest BCUT2D eigenvalue weighted by Gasteiger charge is 2.45. The first-order valence-corrected chi connectivity index (χ1v) is 17.9. The van der Waals surface area contributed by atoms with E-state index in [1.54, 1.807) is 24.6 Å². The zero-order valence-electron chi connectivity index (χ0n) is 28.6. The van der Waals surface area contributed by atoms with Gasteiger partial charge in [-0.2, -0.15) is 0 Å². The first kappa shape index (κ1) is 35.0. The van der Waals surface area contributed by atoms with E-state index in [4.69, 9.17) is 4.76 Å². The molecule has 13 heteroatoms. The largest absolute Gasteiger partial charge is 0.482 e. The van der Waals surface area contributed by atoms with Crippen molar-refractivity contribution in [3.05, 3.63) is 59.9 Å². The van der Waals surface area contributed by atoms with E-state index in [0.717, 1.165) is 75.0 Å². The zero-order chi connectivity index (χ0) is 34.5. The highest BCUT2D eigenvalue weighted by atomic mass is 16.7. The Kier molecular flexibility index (Phi) is 11.0. The third-order valence-corrected chi connectivity index (χ3v) is 10.7. The lowest BCUT2D eigenvalue weighted by Gasteiger charge is -2.32. The Morgan fingerprint density at radius 3 is 2.41 bits per heavy atom. The highest BCUT2D eigenvalue weighted by Crippen LogP contribution is 2.34. The fourth-order valence-corrected chi connectivity index (χ4v) is 7.89. The van der Waals surface area contributed by atoms with Crippen LogP contribution in [0.3, 0.4) is 0 Å². The van der Waals surface area contributed by atoms with Crippen LogP contribution in [0.2, 0.25) is 5.82 Å². The SMILES string of the molecule is CC(C)(O)c1cnnn1[C@H]1C[C@@H](C(=O)NOB(O)C2CCCCC2)N(C(=O)[C@@H](CC2CCCCC2)NC(=O)c2ccc3ccccc3c2)C1. The van der Waals surface area contributed by atoms with Crippen LogP contribution in [0.25, 0.3) is 10.8 Å². The van der Waals surface area contributed by atoms with Gasteiger partial charge < -0.3 is 20.3 Å². The van der Waals surface area contributed by atoms with Gasteiger partial charge in [-0.15, -0.1) is 5.10 Å². The summed E-state index contributed by atoms with van der Waals surface area (Å²) in [7, 11) is -1.15. The second kappa shape index (κ2) is 15.4. The van der Waals surface area contributed by atoms with Crippen molar-refractivity contribution >= 4 is 35.6 Å². The van der Waals surface area contributed by atoms with Gasteiger partial charge in [0.25, 0.3) is 11.8 Å². The molecule has 0 unspecified atom stereocenters. The molecule has 1 aliphatic heterocycles. The van der Waals surface area contributed by atoms with E-state index in [0.29, 0.717) is 17.7 Å². The number of nitrogens with zero attached hydrogens (tertiary/aromatic N) is 4. The van der Waals surface area contributed by atoms with Gasteiger partial charge in [0, 0.05) is 18.5 Å². The molecule has 3 aromatic rings. The summed E-state index contributed by atoms with van der Waals surface area (Å²) in [6.45, 7) is 3.38. The molecule has 49 heavy (non-hydrogen) atoms. The molecular formula is C36H49BN6O6. The first-order chi connectivity index (χ1) is 23.6. The molecule has 0 spiro atoms. The van der Waals surface area contributed by atoms with E-state index < -0.39 is 36.8 Å². The maximum absolute atomic E-state index is 14.6. The summed E-state index contributed by atoms with van der Waals surface area (Å²) in [5.74, 6) is -1.08. The summed E-state index contributed by atoms with van der Waals surface area (Å²) in [4.78, 5) is 43.7. The molecule has 262 valence electrons. The Bertz CT molecular complexity index is 1610. The second-order valence-corrected chi connectivity index (χ2v) is 14.7. The Morgan fingerprint density at radius 2 is 1.69 bits per heavy atom. The van der Waals surface area contributed by atoms with Crippen LogP contribution in [0.15, 0.2) is 48.7 Å². The monoisotopic (exact) mass is 672 g/mol. The van der Waals surface area contributed by atoms with Gasteiger partial charge in [0.1, 0.15) is 17.7 Å². The molecule has 2 aliphatic carbocycles. The van der Waals surface area contributed by atoms with Crippen LogP contribution in [-0.2, 0) is 19.9 Å². The average molecular weight is 673 g/mol. The number of fused-ring (bicyclic) bond motifs is 1. The molecule has 3 amide bonds. The summed E-state index contributed by atoms with van der Waals surface area (Å²) in [5, 5.41) is 34.8. The van der Waals surface area contributed by atoms with Gasteiger partial charge in [-0.3, -0.25) is 19.1 Å². The van der Waals surface area contributed by atoms with Crippen LogP contribution in [0, 0.1) is 5.92 Å². The van der Waals surface area contributed by atoms with Gasteiger partial charge >= 0.3 is 7.12 Å². The number of carbonyl (C=O) groups is 3. The second-order valence-electron chi connectivity index (χ2n) is 14.7. The molecule has 3 atom stereocenters. The minimum absolute atomic E-state index is 0.0715. The molecule has 4 N–H and O–H groups in total. The van der Waals surface area contributed by atoms with Gasteiger partial charge in [-0.1, -0.05) is 99.8 Å². The van der Waals surface area contributed by atoms with Crippen LogP contribution in [0.5, 0.6) is 0 Å². The number of carbonyl (C=O) groups excluding carboxylic acids is 3. The number of rotatable bonds is 11. The van der Waals surface area contributed by atoms with Crippen molar-refractivity contribution in [3.8, 4) is 0 Å². The van der Waals surface area contributed by atoms with E-state index in [-0.39, 0.29) is 36.5 Å². The summed E-state index contributed by atoms with van der Waals surface area (Å²) >= 11 is 0. The molecule has 2 heterocycles. The van der Waals surface area contributed by atoms with Crippen molar-refractivity contribution < 1.29 is 29.3 Å². The topological polar surface area (TPSA) is 159 Å². The van der Waals surface area contributed by atoms with Crippen molar-refractivity contribution in [1.29, 1.82) is 0 Å². The highest BCUT2D eigenvalue weighted by molar-refractivity contribution is 6.44. The van der Waals surface area contributed by atoms with Gasteiger partial charge in [0.05, 0.1) is 17.9 Å². The van der Waals surface area contributed by atoms with E-state index in [1.807, 2.05) is 36.4 Å². The van der Waals surface area contributed by atoms with Crippen molar-refractivity contribution in [3.63, 3.8) is 0 Å². The van der Waals surface area contributed by atoms with Crippen LogP contribution >= 0.6 is 0 Å². The lowest BCUT2D eigenvalue weighted by molar-refractivity contribution is -0.143. The molecule has 1 aromatic heterocycles. The van der Waals surface area contributed by atoms with Crippen LogP contribution in [0.1, 0.15) is 113 Å². The molecule has 3 aliphatic rings. The molecule has 6 rings (SSSR count). The van der Waals surface area contributed by atoms with Gasteiger partial charge in [-0.05, 0) is 54.9 Å². The standard InChI is InChI=1S/C36H49BN6O6/c1-36(2,47)32-22-38-41-43(32)29-21-31(34(45)40-49-37(48)28-15-7-4-8-16-28)42(23-29)35(46)30(19-24-11-5-3-6-12-24)39-33(44)27-18-17-25-13-9-10-14-26(25)20-27/h9-10,13-14,17-18,20,22,24,28-31,47-48H,3-8,11-12,15-16,19,21,23H2,1-2H3,(H,39,44)(H,40,45)/t29-,30+,31-/m0/s1. The van der Waals surface area contributed by atoms with E-state index in [1.165, 1.54) is 11.1 Å². The normalized spacial score (nSPS) is 21.4. The van der Waals surface area contributed by atoms with E-state index >= 15 is 0 Å². The molecule has 12 nitrogen and oxygen atoms in total.